The largest absolute Gasteiger partial charge is 0.484 e. The summed E-state index contributed by atoms with van der Waals surface area (Å²) in [6, 6.07) is 15.0. The molecule has 1 aliphatic rings. The minimum atomic E-state index is -5.01. The number of halogens is 5. The van der Waals surface area contributed by atoms with E-state index in [9.17, 15) is 22.4 Å². The van der Waals surface area contributed by atoms with E-state index in [-0.39, 0.29) is 12.4 Å². The van der Waals surface area contributed by atoms with E-state index in [2.05, 4.69) is 5.10 Å². The monoisotopic (exact) mass is 503 g/mol. The number of rotatable bonds is 3. The van der Waals surface area contributed by atoms with E-state index in [0.717, 1.165) is 15.8 Å². The summed E-state index contributed by atoms with van der Waals surface area (Å²) in [4.78, 5) is 12.9. The molecule has 5 rings (SSSR count). The first-order valence-corrected chi connectivity index (χ1v) is 11.1. The van der Waals surface area contributed by atoms with Gasteiger partial charge in [0.15, 0.2) is 0 Å². The Bertz CT molecular complexity index is 1420. The summed E-state index contributed by atoms with van der Waals surface area (Å²) >= 11 is 6.07. The SMILES string of the molecule is C[C@H]1[C@H](Oc2ccc3c(cnn3-c3ccc(F)cc3)c2)c2ccc(Cl)cc2CN1C(=O)C(F)(F)F. The Labute approximate surface area is 202 Å². The summed E-state index contributed by atoms with van der Waals surface area (Å²) in [5, 5.41) is 5.42. The van der Waals surface area contributed by atoms with E-state index < -0.39 is 24.2 Å². The molecule has 0 bridgehead atoms. The third-order valence-corrected chi connectivity index (χ3v) is 6.29. The van der Waals surface area contributed by atoms with Crippen LogP contribution in [0, 0.1) is 5.82 Å². The molecule has 1 aromatic heterocycles. The van der Waals surface area contributed by atoms with Gasteiger partial charge in [-0.25, -0.2) is 9.07 Å². The van der Waals surface area contributed by atoms with Crippen LogP contribution in [0.5, 0.6) is 5.75 Å². The average Bonchev–Trinajstić information content (AvgIpc) is 3.23. The molecule has 5 nitrogen and oxygen atoms in total. The number of fused-ring (bicyclic) bond motifs is 2. The Morgan fingerprint density at radius 1 is 1.09 bits per heavy atom. The maximum Gasteiger partial charge on any atom is 0.471 e. The molecule has 2 atom stereocenters. The van der Waals surface area contributed by atoms with Crippen molar-refractivity contribution in [3.63, 3.8) is 0 Å². The molecule has 180 valence electrons. The second-order valence-electron chi connectivity index (χ2n) is 8.31. The predicted molar refractivity (Wildman–Crippen MR) is 122 cm³/mol. The van der Waals surface area contributed by atoms with E-state index in [1.807, 2.05) is 0 Å². The molecular formula is C25H18ClF4N3O2. The first kappa shape index (κ1) is 23.2. The number of ether oxygens (including phenoxy) is 1. The van der Waals surface area contributed by atoms with E-state index >= 15 is 0 Å². The standard InChI is InChI=1S/C25H18ClF4N3O2/c1-14-23(21-8-2-17(26)10-16(21)13-32(14)24(34)25(28,29)30)35-20-7-9-22-15(11-20)12-31-33(22)19-5-3-18(27)4-6-19/h2-12,14,23H,13H2,1H3/t14-,23-/m0/s1. The Kier molecular flexibility index (Phi) is 5.67. The lowest BCUT2D eigenvalue weighted by molar-refractivity contribution is -0.190. The van der Waals surface area contributed by atoms with Crippen molar-refractivity contribution < 1.29 is 27.1 Å². The van der Waals surface area contributed by atoms with Gasteiger partial charge in [-0.3, -0.25) is 4.79 Å². The molecule has 0 fully saturated rings. The highest BCUT2D eigenvalue weighted by Crippen LogP contribution is 2.38. The molecule has 1 amide bonds. The van der Waals surface area contributed by atoms with Crippen molar-refractivity contribution >= 4 is 28.4 Å². The van der Waals surface area contributed by atoms with E-state index in [1.165, 1.54) is 19.1 Å². The normalized spacial score (nSPS) is 17.9. The molecule has 0 aliphatic carbocycles. The van der Waals surface area contributed by atoms with E-state index in [4.69, 9.17) is 16.3 Å². The first-order chi connectivity index (χ1) is 16.6. The van der Waals surface area contributed by atoms with Crippen LogP contribution in [0.3, 0.4) is 0 Å². The van der Waals surface area contributed by atoms with Gasteiger partial charge < -0.3 is 9.64 Å². The topological polar surface area (TPSA) is 47.4 Å². The van der Waals surface area contributed by atoms with Gasteiger partial charge in [-0.15, -0.1) is 0 Å². The molecule has 1 aliphatic heterocycles. The maximum absolute atomic E-state index is 13.3. The van der Waals surface area contributed by atoms with Crippen LogP contribution in [-0.2, 0) is 11.3 Å². The van der Waals surface area contributed by atoms with Gasteiger partial charge in [0.05, 0.1) is 23.4 Å². The van der Waals surface area contributed by atoms with Crippen LogP contribution in [0.15, 0.2) is 66.9 Å². The van der Waals surface area contributed by atoms with Crippen molar-refractivity contribution in [3.8, 4) is 11.4 Å². The number of alkyl halides is 3. The quantitative estimate of drug-likeness (QED) is 0.311. The molecule has 10 heteroatoms. The summed E-state index contributed by atoms with van der Waals surface area (Å²) in [6.45, 7) is 1.30. The highest BCUT2D eigenvalue weighted by molar-refractivity contribution is 6.30. The lowest BCUT2D eigenvalue weighted by atomic mass is 9.91. The number of carbonyl (C=O) groups excluding carboxylic acids is 1. The van der Waals surface area contributed by atoms with Crippen LogP contribution in [0.4, 0.5) is 17.6 Å². The van der Waals surface area contributed by atoms with Gasteiger partial charge in [0.1, 0.15) is 17.7 Å². The number of benzene rings is 3. The fraction of sp³-hybridized carbons (Fsp3) is 0.200. The number of hydrogen-bond acceptors (Lipinski definition) is 3. The van der Waals surface area contributed by atoms with Crippen LogP contribution in [0.1, 0.15) is 24.2 Å². The number of nitrogens with zero attached hydrogens (tertiary/aromatic N) is 3. The fourth-order valence-corrected chi connectivity index (χ4v) is 4.53. The van der Waals surface area contributed by atoms with Gasteiger partial charge in [-0.05, 0) is 72.6 Å². The van der Waals surface area contributed by atoms with Crippen LogP contribution in [0.25, 0.3) is 16.6 Å². The summed E-state index contributed by atoms with van der Waals surface area (Å²) in [6.07, 6.45) is -4.25. The lowest BCUT2D eigenvalue weighted by Crippen LogP contribution is -2.51. The van der Waals surface area contributed by atoms with Crippen molar-refractivity contribution in [2.24, 2.45) is 0 Å². The number of amides is 1. The van der Waals surface area contributed by atoms with Crippen molar-refractivity contribution in [1.29, 1.82) is 0 Å². The molecule has 0 radical (unpaired) electrons. The van der Waals surface area contributed by atoms with Gasteiger partial charge in [0.2, 0.25) is 0 Å². The summed E-state index contributed by atoms with van der Waals surface area (Å²) < 4.78 is 60.9. The third-order valence-electron chi connectivity index (χ3n) is 6.06. The second kappa shape index (κ2) is 8.57. The molecule has 0 saturated carbocycles. The molecule has 0 saturated heterocycles. The Morgan fingerprint density at radius 2 is 1.83 bits per heavy atom. The molecule has 2 heterocycles. The van der Waals surface area contributed by atoms with Crippen LogP contribution < -0.4 is 4.74 Å². The maximum atomic E-state index is 13.3. The number of hydrogen-bond donors (Lipinski definition) is 0. The van der Waals surface area contributed by atoms with Crippen LogP contribution in [0.2, 0.25) is 5.02 Å². The zero-order chi connectivity index (χ0) is 24.9. The molecule has 4 aromatic rings. The predicted octanol–water partition coefficient (Wildman–Crippen LogP) is 6.23. The third kappa shape index (κ3) is 4.32. The van der Waals surface area contributed by atoms with E-state index in [1.54, 1.807) is 59.4 Å². The number of carbonyl (C=O) groups is 1. The minimum absolute atomic E-state index is 0.223. The Hall–Kier alpha value is -3.59. The van der Waals surface area contributed by atoms with Crippen molar-refractivity contribution in [2.75, 3.05) is 0 Å². The zero-order valence-corrected chi connectivity index (χ0v) is 19.0. The Morgan fingerprint density at radius 3 is 2.54 bits per heavy atom. The molecule has 35 heavy (non-hydrogen) atoms. The van der Waals surface area contributed by atoms with Gasteiger partial charge >= 0.3 is 12.1 Å². The fourth-order valence-electron chi connectivity index (χ4n) is 4.34. The Balaban J connectivity index is 1.49. The highest BCUT2D eigenvalue weighted by atomic mass is 35.5. The zero-order valence-electron chi connectivity index (χ0n) is 18.3. The van der Waals surface area contributed by atoms with Gasteiger partial charge in [-0.2, -0.15) is 18.3 Å². The van der Waals surface area contributed by atoms with Crippen LogP contribution in [-0.4, -0.2) is 32.8 Å². The molecule has 0 N–H and O–H groups in total. The van der Waals surface area contributed by atoms with Gasteiger partial charge in [0, 0.05) is 17.0 Å². The smallest absolute Gasteiger partial charge is 0.471 e. The number of aromatic nitrogens is 2. The molecule has 0 unspecified atom stereocenters. The lowest BCUT2D eigenvalue weighted by Gasteiger charge is -2.40. The first-order valence-electron chi connectivity index (χ1n) is 10.7. The molecule has 3 aromatic carbocycles. The summed E-state index contributed by atoms with van der Waals surface area (Å²) in [5.74, 6) is -1.89. The summed E-state index contributed by atoms with van der Waals surface area (Å²) in [7, 11) is 0. The molecular weight excluding hydrogens is 486 g/mol. The molecule has 0 spiro atoms. The van der Waals surface area contributed by atoms with E-state index in [0.29, 0.717) is 27.6 Å². The van der Waals surface area contributed by atoms with Crippen molar-refractivity contribution in [2.45, 2.75) is 31.8 Å². The second-order valence-corrected chi connectivity index (χ2v) is 8.74. The van der Waals surface area contributed by atoms with Gasteiger partial charge in [0.25, 0.3) is 0 Å². The highest BCUT2D eigenvalue weighted by Gasteiger charge is 2.47. The van der Waals surface area contributed by atoms with Crippen LogP contribution >= 0.6 is 11.6 Å². The summed E-state index contributed by atoms with van der Waals surface area (Å²) in [5.41, 5.74) is 2.56. The minimum Gasteiger partial charge on any atom is -0.484 e. The van der Waals surface area contributed by atoms with Gasteiger partial charge in [-0.1, -0.05) is 17.7 Å². The van der Waals surface area contributed by atoms with Crippen molar-refractivity contribution in [1.82, 2.24) is 14.7 Å². The average molecular weight is 504 g/mol. The van der Waals surface area contributed by atoms with Crippen molar-refractivity contribution in [3.05, 3.63) is 88.8 Å².